The van der Waals surface area contributed by atoms with Gasteiger partial charge in [0.25, 0.3) is 0 Å². The summed E-state index contributed by atoms with van der Waals surface area (Å²) in [7, 11) is -3.46. The van der Waals surface area contributed by atoms with Gasteiger partial charge in [-0.2, -0.15) is 0 Å². The number of sulfone groups is 1. The van der Waals surface area contributed by atoms with Crippen molar-refractivity contribution in [2.75, 3.05) is 32.4 Å². The number of aryl methyl sites for hydroxylation is 1. The van der Waals surface area contributed by atoms with E-state index in [4.69, 9.17) is 0 Å². The highest BCUT2D eigenvalue weighted by atomic mass is 32.2. The van der Waals surface area contributed by atoms with Crippen LogP contribution in [0, 0.1) is 6.92 Å². The minimum atomic E-state index is -3.46. The predicted octanol–water partition coefficient (Wildman–Crippen LogP) is 1.24. The van der Waals surface area contributed by atoms with E-state index in [1.807, 2.05) is 0 Å². The molecule has 2 aliphatic heterocycles. The maximum absolute atomic E-state index is 12.9. The second kappa shape index (κ2) is 8.29. The summed E-state index contributed by atoms with van der Waals surface area (Å²) in [5.74, 6) is -0.302. The van der Waals surface area contributed by atoms with Gasteiger partial charge < -0.3 is 10.6 Å². The minimum absolute atomic E-state index is 0.0548. The topological polar surface area (TPSA) is 78.5 Å². The van der Waals surface area contributed by atoms with Crippen LogP contribution in [0.25, 0.3) is 0 Å². The first kappa shape index (κ1) is 20.3. The van der Waals surface area contributed by atoms with Crippen LogP contribution < -0.4 is 10.6 Å². The summed E-state index contributed by atoms with van der Waals surface area (Å²) < 4.78 is 23.5. The number of rotatable bonds is 5. The number of nitrogens with zero attached hydrogens (tertiary/aromatic N) is 1. The Kier molecular flexibility index (Phi) is 6.23. The second-order valence-electron chi connectivity index (χ2n) is 7.97. The van der Waals surface area contributed by atoms with Crippen LogP contribution in [0.5, 0.6) is 0 Å². The first-order valence-corrected chi connectivity index (χ1v) is 11.7. The third kappa shape index (κ3) is 4.52. The molecule has 1 aromatic rings. The fraction of sp³-hybridized carbons (Fsp3) is 0.650. The highest BCUT2D eigenvalue weighted by Gasteiger charge is 2.49. The Labute approximate surface area is 162 Å². The molecule has 0 radical (unpaired) electrons. The van der Waals surface area contributed by atoms with E-state index in [1.54, 1.807) is 0 Å². The van der Waals surface area contributed by atoms with Crippen molar-refractivity contribution in [1.29, 1.82) is 0 Å². The van der Waals surface area contributed by atoms with Crippen LogP contribution in [0.4, 0.5) is 0 Å². The monoisotopic (exact) mass is 393 g/mol. The summed E-state index contributed by atoms with van der Waals surface area (Å²) in [5.41, 5.74) is 2.64. The van der Waals surface area contributed by atoms with Gasteiger partial charge in [0.1, 0.15) is 0 Å². The number of hydrogen-bond acceptors (Lipinski definition) is 5. The lowest BCUT2D eigenvalue weighted by Gasteiger charge is -2.38. The Morgan fingerprint density at radius 2 is 1.85 bits per heavy atom. The van der Waals surface area contributed by atoms with Gasteiger partial charge in [-0.25, -0.2) is 8.42 Å². The van der Waals surface area contributed by atoms with Crippen molar-refractivity contribution in [1.82, 2.24) is 15.5 Å². The number of carbonyl (C=O) groups is 1. The van der Waals surface area contributed by atoms with E-state index in [1.165, 1.54) is 17.4 Å². The van der Waals surface area contributed by atoms with Gasteiger partial charge in [-0.05, 0) is 56.8 Å². The van der Waals surface area contributed by atoms with E-state index >= 15 is 0 Å². The number of hydrogen-bond donors (Lipinski definition) is 2. The molecule has 0 saturated carbocycles. The summed E-state index contributed by atoms with van der Waals surface area (Å²) >= 11 is 0. The Morgan fingerprint density at radius 3 is 2.44 bits per heavy atom. The molecule has 150 valence electrons. The summed E-state index contributed by atoms with van der Waals surface area (Å²) in [4.78, 5) is 15.3. The van der Waals surface area contributed by atoms with E-state index in [-0.39, 0.29) is 11.9 Å². The summed E-state index contributed by atoms with van der Waals surface area (Å²) in [6.07, 6.45) is 3.61. The zero-order valence-corrected chi connectivity index (χ0v) is 17.1. The van der Waals surface area contributed by atoms with E-state index in [2.05, 4.69) is 46.7 Å². The van der Waals surface area contributed by atoms with Crippen molar-refractivity contribution in [2.24, 2.45) is 0 Å². The van der Waals surface area contributed by atoms with Gasteiger partial charge in [-0.1, -0.05) is 24.3 Å². The van der Waals surface area contributed by atoms with Gasteiger partial charge >= 0.3 is 0 Å². The van der Waals surface area contributed by atoms with Crippen LogP contribution in [0.15, 0.2) is 24.3 Å². The van der Waals surface area contributed by atoms with Gasteiger partial charge in [0.2, 0.25) is 5.91 Å². The molecule has 0 unspecified atom stereocenters. The molecule has 2 aliphatic rings. The number of benzene rings is 1. The molecule has 0 bridgehead atoms. The van der Waals surface area contributed by atoms with Crippen molar-refractivity contribution < 1.29 is 13.2 Å². The highest BCUT2D eigenvalue weighted by Crippen LogP contribution is 2.28. The van der Waals surface area contributed by atoms with Crippen molar-refractivity contribution in [3.05, 3.63) is 35.4 Å². The fourth-order valence-electron chi connectivity index (χ4n) is 4.18. The van der Waals surface area contributed by atoms with E-state index < -0.39 is 14.6 Å². The molecule has 7 heteroatoms. The van der Waals surface area contributed by atoms with Crippen molar-refractivity contribution in [3.63, 3.8) is 0 Å². The van der Waals surface area contributed by atoms with Gasteiger partial charge in [0.05, 0.1) is 0 Å². The zero-order valence-electron chi connectivity index (χ0n) is 16.3. The van der Waals surface area contributed by atoms with Gasteiger partial charge in [-0.15, -0.1) is 0 Å². The molecule has 3 rings (SSSR count). The van der Waals surface area contributed by atoms with E-state index in [0.29, 0.717) is 25.9 Å². The minimum Gasteiger partial charge on any atom is -0.352 e. The molecule has 1 aromatic carbocycles. The molecule has 1 amide bonds. The van der Waals surface area contributed by atoms with Crippen LogP contribution in [-0.2, 0) is 21.2 Å². The maximum atomic E-state index is 12.9. The van der Waals surface area contributed by atoms with Crippen molar-refractivity contribution in [3.8, 4) is 0 Å². The lowest BCUT2D eigenvalue weighted by atomic mass is 9.94. The van der Waals surface area contributed by atoms with Gasteiger partial charge in [0, 0.05) is 31.9 Å². The molecule has 0 atom stereocenters. The SMILES string of the molecule is Cc1ccccc1CN1CCC(NC(=O)C2(S(C)(=O)=O)CCNCC2)CC1. The molecule has 6 nitrogen and oxygen atoms in total. The Morgan fingerprint density at radius 1 is 1.22 bits per heavy atom. The predicted molar refractivity (Wildman–Crippen MR) is 107 cm³/mol. The standard InChI is InChI=1S/C20H31N3O3S/c1-16-5-3-4-6-17(16)15-23-13-7-18(8-14-23)22-19(24)20(27(2,25)26)9-11-21-12-10-20/h3-6,18,21H,7-15H2,1-2H3,(H,22,24). The fourth-order valence-corrected chi connectivity index (χ4v) is 5.52. The molecule has 2 fully saturated rings. The number of nitrogens with one attached hydrogen (secondary N) is 2. The maximum Gasteiger partial charge on any atom is 0.241 e. The smallest absolute Gasteiger partial charge is 0.241 e. The van der Waals surface area contributed by atoms with E-state index in [9.17, 15) is 13.2 Å². The molecular weight excluding hydrogens is 362 g/mol. The molecular formula is C20H31N3O3S. The summed E-state index contributed by atoms with van der Waals surface area (Å²) in [5, 5.41) is 6.21. The number of piperidine rings is 2. The molecule has 27 heavy (non-hydrogen) atoms. The largest absolute Gasteiger partial charge is 0.352 e. The van der Waals surface area contributed by atoms with Gasteiger partial charge in [0.15, 0.2) is 14.6 Å². The van der Waals surface area contributed by atoms with Crippen LogP contribution in [0.3, 0.4) is 0 Å². The molecule has 0 spiro atoms. The zero-order chi connectivity index (χ0) is 19.5. The van der Waals surface area contributed by atoms with Crippen LogP contribution in [0.1, 0.15) is 36.8 Å². The molecule has 0 aliphatic carbocycles. The van der Waals surface area contributed by atoms with Crippen LogP contribution in [-0.4, -0.2) is 62.4 Å². The first-order chi connectivity index (χ1) is 12.8. The lowest BCUT2D eigenvalue weighted by molar-refractivity contribution is -0.125. The number of likely N-dealkylation sites (tertiary alicyclic amines) is 1. The normalized spacial score (nSPS) is 21.7. The Balaban J connectivity index is 1.57. The lowest BCUT2D eigenvalue weighted by Crippen LogP contribution is -2.59. The molecule has 2 heterocycles. The van der Waals surface area contributed by atoms with Crippen LogP contribution in [0.2, 0.25) is 0 Å². The van der Waals surface area contributed by atoms with Crippen LogP contribution >= 0.6 is 0 Å². The average Bonchev–Trinajstić information content (AvgIpc) is 2.65. The summed E-state index contributed by atoms with van der Waals surface area (Å²) in [6, 6.07) is 8.47. The van der Waals surface area contributed by atoms with E-state index in [0.717, 1.165) is 32.5 Å². The Bertz CT molecular complexity index is 764. The number of carbonyl (C=O) groups excluding carboxylic acids is 1. The summed E-state index contributed by atoms with van der Waals surface area (Å²) in [6.45, 7) is 6.00. The average molecular weight is 394 g/mol. The van der Waals surface area contributed by atoms with Crippen molar-refractivity contribution in [2.45, 2.75) is 49.9 Å². The molecule has 2 saturated heterocycles. The quantitative estimate of drug-likeness (QED) is 0.787. The second-order valence-corrected chi connectivity index (χ2v) is 10.3. The molecule has 0 aromatic heterocycles. The molecule has 2 N–H and O–H groups in total. The third-order valence-corrected chi connectivity index (χ3v) is 8.13. The van der Waals surface area contributed by atoms with Gasteiger partial charge in [-0.3, -0.25) is 9.69 Å². The third-order valence-electron chi connectivity index (χ3n) is 6.11. The highest BCUT2D eigenvalue weighted by molar-refractivity contribution is 7.92. The Hall–Kier alpha value is -1.44. The number of amides is 1. The first-order valence-electron chi connectivity index (χ1n) is 9.80. The van der Waals surface area contributed by atoms with Crippen molar-refractivity contribution >= 4 is 15.7 Å².